The van der Waals surface area contributed by atoms with E-state index >= 15 is 0 Å². The molecule has 0 heterocycles. The molecular weight excluding hydrogens is 743 g/mol. The SMILES string of the molecule is CCCCC[C@H](O)/C=C/[C@@H]1[C@@H](CCCCCCC(=O)OC[C@H](COP(=O)(O)OC[C@@H](O)CO)OC(=O)CCCCCCCCCCCCC(C)C)[C@@H](O)C[C@H]1O. The Hall–Kier alpha value is -1.41. The quantitative estimate of drug-likeness (QED) is 0.0157. The summed E-state index contributed by atoms with van der Waals surface area (Å²) in [5.74, 6) is -0.598. The zero-order chi connectivity index (χ0) is 41.6. The molecule has 1 rings (SSSR count). The van der Waals surface area contributed by atoms with Crippen LogP contribution >= 0.6 is 7.82 Å². The zero-order valence-electron chi connectivity index (χ0n) is 34.9. The lowest BCUT2D eigenvalue weighted by Gasteiger charge is -2.21. The number of phosphoric ester groups is 1. The van der Waals surface area contributed by atoms with Gasteiger partial charge in [-0.25, -0.2) is 4.57 Å². The van der Waals surface area contributed by atoms with Gasteiger partial charge < -0.3 is 39.9 Å². The molecule has 8 atom stereocenters. The Bertz CT molecular complexity index is 1070. The molecule has 0 aliphatic heterocycles. The second-order valence-corrected chi connectivity index (χ2v) is 17.6. The summed E-state index contributed by atoms with van der Waals surface area (Å²) in [6.45, 7) is 4.34. The molecule has 0 bridgehead atoms. The first-order chi connectivity index (χ1) is 26.8. The maximum atomic E-state index is 12.6. The van der Waals surface area contributed by atoms with E-state index in [0.29, 0.717) is 32.1 Å². The van der Waals surface area contributed by atoms with Gasteiger partial charge in [0.05, 0.1) is 38.1 Å². The molecule has 0 aromatic carbocycles. The van der Waals surface area contributed by atoms with Gasteiger partial charge in [0.2, 0.25) is 0 Å². The predicted molar refractivity (Wildman–Crippen MR) is 217 cm³/mol. The summed E-state index contributed by atoms with van der Waals surface area (Å²) in [6.07, 6.45) is 19.7. The van der Waals surface area contributed by atoms with Gasteiger partial charge in [0.15, 0.2) is 6.10 Å². The first-order valence-corrected chi connectivity index (χ1v) is 23.3. The van der Waals surface area contributed by atoms with Gasteiger partial charge in [-0.15, -0.1) is 0 Å². The molecule has 1 unspecified atom stereocenters. The van der Waals surface area contributed by atoms with Gasteiger partial charge in [0.25, 0.3) is 0 Å². The number of phosphoric acid groups is 1. The van der Waals surface area contributed by atoms with Crippen LogP contribution in [0, 0.1) is 17.8 Å². The third-order valence-electron chi connectivity index (χ3n) is 10.4. The largest absolute Gasteiger partial charge is 0.472 e. The minimum Gasteiger partial charge on any atom is -0.462 e. The fourth-order valence-corrected chi connectivity index (χ4v) is 7.83. The van der Waals surface area contributed by atoms with Crippen molar-refractivity contribution in [3.05, 3.63) is 12.2 Å². The second kappa shape index (κ2) is 32.4. The van der Waals surface area contributed by atoms with Crippen LogP contribution in [-0.4, -0.2) is 99.3 Å². The molecule has 1 aliphatic rings. The molecule has 13 nitrogen and oxygen atoms in total. The maximum absolute atomic E-state index is 12.6. The van der Waals surface area contributed by atoms with Crippen molar-refractivity contribution < 1.29 is 63.1 Å². The molecule has 0 aromatic rings. The standard InChI is InChI=1S/C42H79O13P/c1-4-5-16-22-34(44)26-27-38-37(39(46)28-40(38)47)23-18-14-15-19-24-41(48)52-31-36(32-54-56(50,51)53-30-35(45)29-43)55-42(49)25-20-13-11-9-7-6-8-10-12-17-21-33(2)3/h26-27,33-40,43-47H,4-25,28-32H2,1-3H3,(H,50,51)/b27-26+/t34-,35-,36+,37+,38+,39-,40+/m0/s1. The fourth-order valence-electron chi connectivity index (χ4n) is 7.04. The predicted octanol–water partition coefficient (Wildman–Crippen LogP) is 7.46. The Morgan fingerprint density at radius 2 is 1.29 bits per heavy atom. The summed E-state index contributed by atoms with van der Waals surface area (Å²) >= 11 is 0. The number of rotatable bonds is 36. The third kappa shape index (κ3) is 27.3. The number of hydrogen-bond acceptors (Lipinski definition) is 12. The van der Waals surface area contributed by atoms with Crippen LogP contribution in [-0.2, 0) is 32.7 Å². The van der Waals surface area contributed by atoms with Crippen LogP contribution in [0.3, 0.4) is 0 Å². The normalized spacial score (nSPS) is 21.3. The topological polar surface area (TPSA) is 210 Å². The van der Waals surface area contributed by atoms with Crippen molar-refractivity contribution in [2.75, 3.05) is 26.4 Å². The van der Waals surface area contributed by atoms with Gasteiger partial charge >= 0.3 is 19.8 Å². The number of aliphatic hydroxyl groups excluding tert-OH is 5. The van der Waals surface area contributed by atoms with Gasteiger partial charge in [-0.05, 0) is 37.5 Å². The number of carbonyl (C=O) groups is 2. The van der Waals surface area contributed by atoms with Crippen LogP contribution in [0.15, 0.2) is 12.2 Å². The molecule has 0 amide bonds. The first kappa shape index (κ1) is 52.6. The highest BCUT2D eigenvalue weighted by molar-refractivity contribution is 7.47. The lowest BCUT2D eigenvalue weighted by Crippen LogP contribution is -2.29. The monoisotopic (exact) mass is 823 g/mol. The van der Waals surface area contributed by atoms with E-state index in [9.17, 15) is 39.5 Å². The smallest absolute Gasteiger partial charge is 0.462 e. The third-order valence-corrected chi connectivity index (χ3v) is 11.4. The maximum Gasteiger partial charge on any atom is 0.472 e. The number of unbranched alkanes of at least 4 members (excludes halogenated alkanes) is 14. The highest BCUT2D eigenvalue weighted by Gasteiger charge is 2.39. The van der Waals surface area contributed by atoms with E-state index in [-0.39, 0.29) is 31.3 Å². The van der Waals surface area contributed by atoms with Gasteiger partial charge in [-0.1, -0.05) is 136 Å². The summed E-state index contributed by atoms with van der Waals surface area (Å²) in [6, 6.07) is 0. The fraction of sp³-hybridized carbons (Fsp3) is 0.905. The summed E-state index contributed by atoms with van der Waals surface area (Å²) in [5, 5.41) is 49.7. The van der Waals surface area contributed by atoms with Crippen LogP contribution in [0.1, 0.15) is 168 Å². The van der Waals surface area contributed by atoms with Gasteiger partial charge in [0, 0.05) is 25.2 Å². The highest BCUT2D eigenvalue weighted by atomic mass is 31.2. The summed E-state index contributed by atoms with van der Waals surface area (Å²) in [7, 11) is -4.67. The van der Waals surface area contributed by atoms with E-state index in [1.165, 1.54) is 44.9 Å². The van der Waals surface area contributed by atoms with Crippen molar-refractivity contribution in [2.24, 2.45) is 17.8 Å². The van der Waals surface area contributed by atoms with Crippen LogP contribution in [0.2, 0.25) is 0 Å². The Morgan fingerprint density at radius 1 is 0.732 bits per heavy atom. The molecule has 1 fully saturated rings. The molecule has 1 saturated carbocycles. The molecule has 56 heavy (non-hydrogen) atoms. The van der Waals surface area contributed by atoms with Gasteiger partial charge in [-0.2, -0.15) is 0 Å². The number of carbonyl (C=O) groups excluding carboxylic acids is 2. The second-order valence-electron chi connectivity index (χ2n) is 16.2. The summed E-state index contributed by atoms with van der Waals surface area (Å²) < 4.78 is 32.7. The van der Waals surface area contributed by atoms with Crippen molar-refractivity contribution in [1.82, 2.24) is 0 Å². The van der Waals surface area contributed by atoms with Crippen molar-refractivity contribution in [2.45, 2.75) is 199 Å². The molecule has 0 saturated heterocycles. The van der Waals surface area contributed by atoms with E-state index in [0.717, 1.165) is 63.7 Å². The average molecular weight is 823 g/mol. The van der Waals surface area contributed by atoms with E-state index in [2.05, 4.69) is 25.3 Å². The van der Waals surface area contributed by atoms with E-state index in [1.807, 2.05) is 6.08 Å². The van der Waals surface area contributed by atoms with E-state index in [1.54, 1.807) is 6.08 Å². The Morgan fingerprint density at radius 3 is 1.89 bits per heavy atom. The van der Waals surface area contributed by atoms with E-state index in [4.69, 9.17) is 19.1 Å². The minimum atomic E-state index is -4.67. The molecule has 0 spiro atoms. The van der Waals surface area contributed by atoms with Crippen LogP contribution in [0.4, 0.5) is 0 Å². The van der Waals surface area contributed by atoms with Crippen LogP contribution in [0.5, 0.6) is 0 Å². The summed E-state index contributed by atoms with van der Waals surface area (Å²) in [4.78, 5) is 35.2. The molecule has 0 aromatic heterocycles. The van der Waals surface area contributed by atoms with Gasteiger partial charge in [-0.3, -0.25) is 18.6 Å². The Kier molecular flexibility index (Phi) is 30.5. The number of esters is 2. The average Bonchev–Trinajstić information content (AvgIpc) is 3.43. The zero-order valence-corrected chi connectivity index (χ0v) is 35.7. The number of ether oxygens (including phenoxy) is 2. The molecular formula is C42H79O13P. The first-order valence-electron chi connectivity index (χ1n) is 21.8. The number of hydrogen-bond donors (Lipinski definition) is 6. The van der Waals surface area contributed by atoms with Crippen molar-refractivity contribution in [3.8, 4) is 0 Å². The number of aliphatic hydroxyl groups is 5. The summed E-state index contributed by atoms with van der Waals surface area (Å²) in [5.41, 5.74) is 0. The Labute approximate surface area is 337 Å². The molecule has 0 radical (unpaired) electrons. The molecule has 14 heteroatoms. The lowest BCUT2D eigenvalue weighted by atomic mass is 9.88. The minimum absolute atomic E-state index is 0.0979. The lowest BCUT2D eigenvalue weighted by molar-refractivity contribution is -0.161. The van der Waals surface area contributed by atoms with Crippen molar-refractivity contribution >= 4 is 19.8 Å². The molecule has 330 valence electrons. The van der Waals surface area contributed by atoms with E-state index < -0.39 is 70.1 Å². The Balaban J connectivity index is 2.44. The van der Waals surface area contributed by atoms with Crippen LogP contribution < -0.4 is 0 Å². The highest BCUT2D eigenvalue weighted by Crippen LogP contribution is 2.43. The van der Waals surface area contributed by atoms with Crippen molar-refractivity contribution in [1.29, 1.82) is 0 Å². The van der Waals surface area contributed by atoms with Crippen molar-refractivity contribution in [3.63, 3.8) is 0 Å². The molecule has 1 aliphatic carbocycles. The van der Waals surface area contributed by atoms with Crippen LogP contribution in [0.25, 0.3) is 0 Å². The molecule has 6 N–H and O–H groups in total. The van der Waals surface area contributed by atoms with Gasteiger partial charge in [0.1, 0.15) is 12.7 Å².